The first-order valence-corrected chi connectivity index (χ1v) is 7.13. The predicted molar refractivity (Wildman–Crippen MR) is 74.9 cm³/mol. The molecular weight excluding hydrogens is 232 g/mol. The topological polar surface area (TPSA) is 0 Å². The van der Waals surface area contributed by atoms with E-state index in [0.29, 0.717) is 11.8 Å². The van der Waals surface area contributed by atoms with Crippen LogP contribution in [0, 0.1) is 11.8 Å². The Morgan fingerprint density at radius 3 is 1.56 bits per heavy atom. The average molecular weight is 244 g/mol. The normalized spacial score (nSPS) is 24.2. The van der Waals surface area contributed by atoms with Gasteiger partial charge in [-0.15, -0.1) is 11.8 Å². The first-order chi connectivity index (χ1) is 7.93. The summed E-state index contributed by atoms with van der Waals surface area (Å²) in [7, 11) is 0. The molecule has 0 fully saturated rings. The second-order valence-electron chi connectivity index (χ2n) is 3.87. The lowest BCUT2D eigenvalue weighted by molar-refractivity contribution is 1.05. The summed E-state index contributed by atoms with van der Waals surface area (Å²) in [6.45, 7) is 0. The Morgan fingerprint density at radius 1 is 0.688 bits per heavy atom. The van der Waals surface area contributed by atoms with Crippen molar-refractivity contribution in [2.45, 2.75) is 0 Å². The van der Waals surface area contributed by atoms with E-state index >= 15 is 0 Å². The van der Waals surface area contributed by atoms with Crippen molar-refractivity contribution in [2.75, 3.05) is 0 Å². The Kier molecular flexibility index (Phi) is 2.94. The first-order valence-electron chi connectivity index (χ1n) is 5.37. The van der Waals surface area contributed by atoms with Crippen molar-refractivity contribution in [3.8, 4) is 0 Å². The van der Waals surface area contributed by atoms with E-state index in [-0.39, 0.29) is 0 Å². The van der Waals surface area contributed by atoms with Gasteiger partial charge in [0.2, 0.25) is 0 Å². The molecule has 0 N–H and O–H groups in total. The summed E-state index contributed by atoms with van der Waals surface area (Å²) in [5, 5.41) is 4.53. The highest BCUT2D eigenvalue weighted by atomic mass is 32.2. The Balaban J connectivity index is 1.74. The van der Waals surface area contributed by atoms with Gasteiger partial charge in [0, 0.05) is 21.6 Å². The fraction of sp³-hybridized carbons (Fsp3) is 0.143. The van der Waals surface area contributed by atoms with Crippen LogP contribution >= 0.6 is 23.5 Å². The Bertz CT molecular complexity index is 395. The van der Waals surface area contributed by atoms with E-state index < -0.39 is 0 Å². The highest BCUT2D eigenvalue weighted by Gasteiger charge is 2.20. The summed E-state index contributed by atoms with van der Waals surface area (Å²) in [6, 6.07) is 0. The molecule has 80 valence electrons. The number of rotatable bonds is 2. The number of hydrogen-bond acceptors (Lipinski definition) is 2. The van der Waals surface area contributed by atoms with E-state index in [4.69, 9.17) is 0 Å². The molecule has 0 bridgehead atoms. The maximum absolute atomic E-state index is 2.27. The molecule has 16 heavy (non-hydrogen) atoms. The highest BCUT2D eigenvalue weighted by Crippen LogP contribution is 2.44. The summed E-state index contributed by atoms with van der Waals surface area (Å²) < 4.78 is 0. The fourth-order valence-corrected chi connectivity index (χ4v) is 4.12. The predicted octanol–water partition coefficient (Wildman–Crippen LogP) is 4.63. The highest BCUT2D eigenvalue weighted by molar-refractivity contribution is 8.12. The van der Waals surface area contributed by atoms with Gasteiger partial charge in [0.1, 0.15) is 0 Å². The number of hydrogen-bond donors (Lipinski definition) is 0. The Labute approximate surface area is 105 Å². The summed E-state index contributed by atoms with van der Waals surface area (Å²) >= 11 is 3.73. The maximum atomic E-state index is 2.27. The third-order valence-corrected chi connectivity index (χ3v) is 5.09. The van der Waals surface area contributed by atoms with Crippen LogP contribution in [0.2, 0.25) is 0 Å². The van der Waals surface area contributed by atoms with Crippen molar-refractivity contribution >= 4 is 23.5 Å². The van der Waals surface area contributed by atoms with Gasteiger partial charge in [-0.3, -0.25) is 0 Å². The van der Waals surface area contributed by atoms with Crippen molar-refractivity contribution in [2.24, 2.45) is 11.8 Å². The van der Waals surface area contributed by atoms with Crippen molar-refractivity contribution in [3.63, 3.8) is 0 Å². The Hall–Kier alpha value is -0.860. The summed E-state index contributed by atoms with van der Waals surface area (Å²) in [5.74, 6) is 0.992. The smallest absolute Gasteiger partial charge is 0.0273 e. The summed E-state index contributed by atoms with van der Waals surface area (Å²) in [6.07, 6.45) is 17.5. The zero-order valence-electron chi connectivity index (χ0n) is 8.74. The number of allylic oxidation sites excluding steroid dienone is 10. The van der Waals surface area contributed by atoms with Crippen LogP contribution in [0.15, 0.2) is 69.2 Å². The van der Waals surface area contributed by atoms with Crippen molar-refractivity contribution in [1.82, 2.24) is 0 Å². The minimum atomic E-state index is 0.496. The average Bonchev–Trinajstić information content (AvgIpc) is 3.03. The van der Waals surface area contributed by atoms with Crippen molar-refractivity contribution < 1.29 is 0 Å². The van der Waals surface area contributed by atoms with Gasteiger partial charge >= 0.3 is 0 Å². The van der Waals surface area contributed by atoms with Gasteiger partial charge in [-0.25, -0.2) is 0 Å². The molecule has 1 heterocycles. The molecule has 0 saturated heterocycles. The molecule has 0 spiro atoms. The van der Waals surface area contributed by atoms with Crippen LogP contribution in [0.25, 0.3) is 0 Å². The van der Waals surface area contributed by atoms with Crippen molar-refractivity contribution in [1.29, 1.82) is 0 Å². The van der Waals surface area contributed by atoms with Crippen LogP contribution in [0.1, 0.15) is 0 Å². The fourth-order valence-electron chi connectivity index (χ4n) is 1.89. The molecule has 2 aliphatic carbocycles. The van der Waals surface area contributed by atoms with E-state index in [2.05, 4.69) is 59.4 Å². The molecule has 0 amide bonds. The van der Waals surface area contributed by atoms with Crippen LogP contribution in [0.3, 0.4) is 0 Å². The zero-order valence-corrected chi connectivity index (χ0v) is 10.4. The van der Waals surface area contributed by atoms with Gasteiger partial charge in [0.25, 0.3) is 0 Å². The Morgan fingerprint density at radius 2 is 1.12 bits per heavy atom. The summed E-state index contributed by atoms with van der Waals surface area (Å²) in [4.78, 5) is 2.89. The zero-order chi connectivity index (χ0) is 10.8. The lowest BCUT2D eigenvalue weighted by atomic mass is 10.2. The molecule has 3 aliphatic rings. The van der Waals surface area contributed by atoms with Gasteiger partial charge < -0.3 is 0 Å². The van der Waals surface area contributed by atoms with E-state index in [9.17, 15) is 0 Å². The van der Waals surface area contributed by atoms with Crippen molar-refractivity contribution in [3.05, 3.63) is 69.2 Å². The van der Waals surface area contributed by atoms with Crippen LogP contribution < -0.4 is 0 Å². The van der Waals surface area contributed by atoms with E-state index in [1.54, 1.807) is 11.8 Å². The van der Waals surface area contributed by atoms with E-state index in [1.165, 1.54) is 9.81 Å². The van der Waals surface area contributed by atoms with Crippen LogP contribution in [0.4, 0.5) is 0 Å². The van der Waals surface area contributed by atoms with Crippen LogP contribution in [0.5, 0.6) is 0 Å². The molecule has 0 atom stereocenters. The van der Waals surface area contributed by atoms with Gasteiger partial charge in [-0.05, 0) is 10.8 Å². The molecule has 0 radical (unpaired) electrons. The van der Waals surface area contributed by atoms with Gasteiger partial charge in [-0.1, -0.05) is 60.4 Å². The third-order valence-electron chi connectivity index (χ3n) is 2.76. The maximum Gasteiger partial charge on any atom is 0.0273 e. The number of thioether (sulfide) groups is 2. The quantitative estimate of drug-likeness (QED) is 0.694. The largest absolute Gasteiger partial charge is 0.104 e. The second kappa shape index (κ2) is 4.56. The molecule has 2 heteroatoms. The van der Waals surface area contributed by atoms with E-state index in [0.717, 1.165) is 0 Å². The van der Waals surface area contributed by atoms with Crippen LogP contribution in [-0.4, -0.2) is 0 Å². The molecule has 0 aromatic carbocycles. The first kappa shape index (κ1) is 10.3. The monoisotopic (exact) mass is 244 g/mol. The molecule has 0 aromatic heterocycles. The molecule has 0 saturated carbocycles. The molecule has 0 nitrogen and oxygen atoms in total. The van der Waals surface area contributed by atoms with Crippen LogP contribution in [-0.2, 0) is 0 Å². The summed E-state index contributed by atoms with van der Waals surface area (Å²) in [5.41, 5.74) is 0. The second-order valence-corrected chi connectivity index (χ2v) is 5.76. The minimum absolute atomic E-state index is 0.496. The van der Waals surface area contributed by atoms with Gasteiger partial charge in [-0.2, -0.15) is 0 Å². The molecule has 0 aromatic rings. The van der Waals surface area contributed by atoms with E-state index in [1.807, 2.05) is 11.8 Å². The van der Waals surface area contributed by atoms with Gasteiger partial charge in [0.05, 0.1) is 0 Å². The molecule has 0 unspecified atom stereocenters. The molecule has 1 aliphatic heterocycles. The van der Waals surface area contributed by atoms with Gasteiger partial charge in [0.15, 0.2) is 0 Å². The SMILES string of the molecule is C1=CC(C2=CSC=C(C3C=CC=C3)S2)C=C1. The lowest BCUT2D eigenvalue weighted by Gasteiger charge is -2.19. The minimum Gasteiger partial charge on any atom is -0.104 e. The molecular formula is C14H12S2. The third kappa shape index (κ3) is 2.00. The molecule has 3 rings (SSSR count). The standard InChI is InChI=1S/C14H12S2/c1-2-6-11(5-1)13-9-15-10-14(16-13)12-7-3-4-8-12/h1-12H. The lowest BCUT2D eigenvalue weighted by Crippen LogP contribution is -1.99.